The second kappa shape index (κ2) is 7.81. The Hall–Kier alpha value is -1.85. The van der Waals surface area contributed by atoms with Gasteiger partial charge in [-0.05, 0) is 57.9 Å². The molecule has 0 radical (unpaired) electrons. The van der Waals surface area contributed by atoms with Crippen molar-refractivity contribution < 1.29 is 13.5 Å². The van der Waals surface area contributed by atoms with Crippen LogP contribution >= 0.6 is 27.7 Å². The molecule has 0 saturated carbocycles. The second-order valence-electron chi connectivity index (χ2n) is 5.04. The van der Waals surface area contributed by atoms with Crippen LogP contribution < -0.4 is 4.74 Å². The van der Waals surface area contributed by atoms with Crippen LogP contribution in [0.1, 0.15) is 5.56 Å². The summed E-state index contributed by atoms with van der Waals surface area (Å²) in [6, 6.07) is 19.0. The zero-order valence-electron chi connectivity index (χ0n) is 12.5. The van der Waals surface area contributed by atoms with Crippen LogP contribution in [0.4, 0.5) is 8.78 Å². The van der Waals surface area contributed by atoms with E-state index in [1.807, 2.05) is 30.3 Å². The van der Waals surface area contributed by atoms with Gasteiger partial charge < -0.3 is 4.74 Å². The lowest BCUT2D eigenvalue weighted by molar-refractivity contribution is 0.435. The average molecular weight is 407 g/mol. The minimum absolute atomic E-state index is 0.0106. The molecular formula is C19H13BrF2OS. The highest BCUT2D eigenvalue weighted by atomic mass is 79.9. The largest absolute Gasteiger partial charge is 0.453 e. The van der Waals surface area contributed by atoms with Crippen LogP contribution in [-0.2, 0) is 5.75 Å². The predicted molar refractivity (Wildman–Crippen MR) is 96.6 cm³/mol. The number of ether oxygens (including phenoxy) is 1. The van der Waals surface area contributed by atoms with Gasteiger partial charge in [-0.3, -0.25) is 0 Å². The van der Waals surface area contributed by atoms with E-state index in [-0.39, 0.29) is 5.75 Å². The molecule has 0 bridgehead atoms. The molecule has 0 atom stereocenters. The molecule has 0 aliphatic carbocycles. The van der Waals surface area contributed by atoms with Gasteiger partial charge >= 0.3 is 0 Å². The van der Waals surface area contributed by atoms with Crippen molar-refractivity contribution in [2.75, 3.05) is 0 Å². The van der Waals surface area contributed by atoms with Gasteiger partial charge in [0.05, 0.1) is 4.47 Å². The second-order valence-corrected chi connectivity index (χ2v) is 6.95. The van der Waals surface area contributed by atoms with E-state index in [9.17, 15) is 8.78 Å². The standard InChI is InChI=1S/C19H13BrF2OS/c20-16-10-13(12-24-15-4-2-1-3-5-15)6-8-18(16)23-19-9-7-14(21)11-17(19)22/h1-11H,12H2. The van der Waals surface area contributed by atoms with Gasteiger partial charge in [-0.1, -0.05) is 24.3 Å². The van der Waals surface area contributed by atoms with E-state index < -0.39 is 11.6 Å². The molecule has 0 spiro atoms. The first-order chi connectivity index (χ1) is 11.6. The van der Waals surface area contributed by atoms with Crippen LogP contribution in [-0.4, -0.2) is 0 Å². The van der Waals surface area contributed by atoms with Crippen molar-refractivity contribution in [3.8, 4) is 11.5 Å². The van der Waals surface area contributed by atoms with Crippen molar-refractivity contribution in [2.45, 2.75) is 10.6 Å². The number of halogens is 3. The first-order valence-electron chi connectivity index (χ1n) is 7.21. The summed E-state index contributed by atoms with van der Waals surface area (Å²) in [7, 11) is 0. The summed E-state index contributed by atoms with van der Waals surface area (Å²) in [6.07, 6.45) is 0. The Morgan fingerprint density at radius 2 is 1.62 bits per heavy atom. The molecular weight excluding hydrogens is 394 g/mol. The van der Waals surface area contributed by atoms with Gasteiger partial charge in [0.1, 0.15) is 11.6 Å². The van der Waals surface area contributed by atoms with E-state index >= 15 is 0 Å². The molecule has 3 aromatic carbocycles. The SMILES string of the molecule is Fc1ccc(Oc2ccc(CSc3ccccc3)cc2Br)c(F)c1. The first kappa shape index (κ1) is 17.0. The van der Waals surface area contributed by atoms with Crippen LogP contribution in [0.2, 0.25) is 0 Å². The highest BCUT2D eigenvalue weighted by molar-refractivity contribution is 9.10. The van der Waals surface area contributed by atoms with Gasteiger partial charge in [0.25, 0.3) is 0 Å². The topological polar surface area (TPSA) is 9.23 Å². The maximum Gasteiger partial charge on any atom is 0.168 e. The van der Waals surface area contributed by atoms with Crippen LogP contribution in [0, 0.1) is 11.6 Å². The highest BCUT2D eigenvalue weighted by Gasteiger charge is 2.09. The van der Waals surface area contributed by atoms with Crippen LogP contribution in [0.3, 0.4) is 0 Å². The molecule has 0 aliphatic rings. The van der Waals surface area contributed by atoms with Crippen LogP contribution in [0.15, 0.2) is 76.1 Å². The summed E-state index contributed by atoms with van der Waals surface area (Å²) in [5.74, 6) is -0.0800. The summed E-state index contributed by atoms with van der Waals surface area (Å²) >= 11 is 5.17. The van der Waals surface area contributed by atoms with Crippen LogP contribution in [0.5, 0.6) is 11.5 Å². The summed E-state index contributed by atoms with van der Waals surface area (Å²) in [5, 5.41) is 0. The molecule has 0 amide bonds. The van der Waals surface area contributed by atoms with Gasteiger partial charge in [0, 0.05) is 16.7 Å². The fourth-order valence-corrected chi connectivity index (χ4v) is 3.45. The molecule has 0 N–H and O–H groups in total. The number of hydrogen-bond donors (Lipinski definition) is 0. The molecule has 0 unspecified atom stereocenters. The third-order valence-electron chi connectivity index (χ3n) is 3.26. The van der Waals surface area contributed by atoms with Gasteiger partial charge in [-0.15, -0.1) is 11.8 Å². The molecule has 0 aliphatic heterocycles. The molecule has 0 fully saturated rings. The Morgan fingerprint density at radius 3 is 2.33 bits per heavy atom. The molecule has 0 heterocycles. The Morgan fingerprint density at radius 1 is 0.875 bits per heavy atom. The number of hydrogen-bond acceptors (Lipinski definition) is 2. The summed E-state index contributed by atoms with van der Waals surface area (Å²) in [5.41, 5.74) is 1.11. The zero-order valence-corrected chi connectivity index (χ0v) is 14.9. The molecule has 1 nitrogen and oxygen atoms in total. The average Bonchev–Trinajstić information content (AvgIpc) is 2.58. The number of rotatable bonds is 5. The van der Waals surface area contributed by atoms with E-state index in [0.29, 0.717) is 5.75 Å². The lowest BCUT2D eigenvalue weighted by Crippen LogP contribution is -1.91. The minimum Gasteiger partial charge on any atom is -0.453 e. The predicted octanol–water partition coefficient (Wildman–Crippen LogP) is 6.81. The van der Waals surface area contributed by atoms with Crippen molar-refractivity contribution in [1.29, 1.82) is 0 Å². The number of thioether (sulfide) groups is 1. The Labute approximate surface area is 151 Å². The van der Waals surface area contributed by atoms with Crippen molar-refractivity contribution in [2.24, 2.45) is 0 Å². The molecule has 0 aromatic heterocycles. The fraction of sp³-hybridized carbons (Fsp3) is 0.0526. The molecule has 3 aromatic rings. The van der Waals surface area contributed by atoms with Crippen LogP contribution in [0.25, 0.3) is 0 Å². The van der Waals surface area contributed by atoms with Gasteiger partial charge in [-0.25, -0.2) is 8.78 Å². The maximum atomic E-state index is 13.7. The van der Waals surface area contributed by atoms with Gasteiger partial charge in [-0.2, -0.15) is 0 Å². The van der Waals surface area contributed by atoms with Crippen molar-refractivity contribution in [3.05, 3.63) is 88.4 Å². The molecule has 122 valence electrons. The molecule has 0 saturated heterocycles. The van der Waals surface area contributed by atoms with Crippen molar-refractivity contribution in [1.82, 2.24) is 0 Å². The Balaban J connectivity index is 1.70. The van der Waals surface area contributed by atoms with E-state index in [1.165, 1.54) is 11.0 Å². The number of benzene rings is 3. The first-order valence-corrected chi connectivity index (χ1v) is 8.99. The molecule has 5 heteroatoms. The Kier molecular flexibility index (Phi) is 5.53. The summed E-state index contributed by atoms with van der Waals surface area (Å²) in [6.45, 7) is 0. The van der Waals surface area contributed by atoms with E-state index in [0.717, 1.165) is 27.9 Å². The van der Waals surface area contributed by atoms with E-state index in [4.69, 9.17) is 4.74 Å². The zero-order chi connectivity index (χ0) is 16.9. The third-order valence-corrected chi connectivity index (χ3v) is 4.96. The Bertz CT molecular complexity index is 840. The molecule has 3 rings (SSSR count). The van der Waals surface area contributed by atoms with E-state index in [1.54, 1.807) is 17.8 Å². The summed E-state index contributed by atoms with van der Waals surface area (Å²) in [4.78, 5) is 1.20. The normalized spacial score (nSPS) is 10.6. The lowest BCUT2D eigenvalue weighted by atomic mass is 10.2. The van der Waals surface area contributed by atoms with Gasteiger partial charge in [0.2, 0.25) is 0 Å². The van der Waals surface area contributed by atoms with Crippen molar-refractivity contribution in [3.63, 3.8) is 0 Å². The van der Waals surface area contributed by atoms with Gasteiger partial charge in [0.15, 0.2) is 11.6 Å². The minimum atomic E-state index is -0.731. The maximum absolute atomic E-state index is 13.7. The molecule has 24 heavy (non-hydrogen) atoms. The third kappa shape index (κ3) is 4.36. The van der Waals surface area contributed by atoms with E-state index in [2.05, 4.69) is 28.1 Å². The quantitative estimate of drug-likeness (QED) is 0.430. The van der Waals surface area contributed by atoms with Crippen molar-refractivity contribution >= 4 is 27.7 Å². The fourth-order valence-electron chi connectivity index (χ4n) is 2.08. The smallest absolute Gasteiger partial charge is 0.168 e. The lowest BCUT2D eigenvalue weighted by Gasteiger charge is -2.10. The summed E-state index contributed by atoms with van der Waals surface area (Å²) < 4.78 is 32.8. The monoisotopic (exact) mass is 406 g/mol. The highest BCUT2D eigenvalue weighted by Crippen LogP contribution is 2.33.